The van der Waals surface area contributed by atoms with E-state index < -0.39 is 0 Å². The molecular weight excluding hydrogens is 280 g/mol. The summed E-state index contributed by atoms with van der Waals surface area (Å²) in [4.78, 5) is 14.2. The molecule has 0 unspecified atom stereocenters. The second-order valence-corrected chi connectivity index (χ2v) is 5.70. The van der Waals surface area contributed by atoms with Crippen LogP contribution >= 0.6 is 11.3 Å². The summed E-state index contributed by atoms with van der Waals surface area (Å²) in [5.74, 6) is -0.340. The van der Waals surface area contributed by atoms with Crippen LogP contribution in [0.2, 0.25) is 0 Å². The van der Waals surface area contributed by atoms with Crippen molar-refractivity contribution in [3.05, 3.63) is 63.4 Å². The zero-order chi connectivity index (χ0) is 15.1. The number of nitriles is 1. The van der Waals surface area contributed by atoms with Crippen LogP contribution in [0.4, 0.5) is 0 Å². The molecule has 0 bridgehead atoms. The molecule has 0 fully saturated rings. The summed E-state index contributed by atoms with van der Waals surface area (Å²) in [7, 11) is 0. The zero-order valence-corrected chi connectivity index (χ0v) is 12.6. The second-order valence-electron chi connectivity index (χ2n) is 4.50. The van der Waals surface area contributed by atoms with Gasteiger partial charge in [-0.3, -0.25) is 4.79 Å². The highest BCUT2D eigenvalue weighted by molar-refractivity contribution is 7.12. The monoisotopic (exact) mass is 296 g/mol. The zero-order valence-electron chi connectivity index (χ0n) is 11.8. The maximum atomic E-state index is 12.0. The van der Waals surface area contributed by atoms with Crippen LogP contribution in [0.1, 0.15) is 22.2 Å². The summed E-state index contributed by atoms with van der Waals surface area (Å²) in [6.07, 6.45) is 2.60. The number of amides is 1. The van der Waals surface area contributed by atoms with E-state index in [2.05, 4.69) is 12.2 Å². The summed E-state index contributed by atoms with van der Waals surface area (Å²) in [5, 5.41) is 11.9. The molecule has 1 N–H and O–H groups in total. The molecule has 0 aliphatic heterocycles. The van der Waals surface area contributed by atoms with E-state index in [-0.39, 0.29) is 11.5 Å². The molecule has 0 atom stereocenters. The van der Waals surface area contributed by atoms with Crippen molar-refractivity contribution >= 4 is 23.3 Å². The van der Waals surface area contributed by atoms with Crippen molar-refractivity contribution in [2.24, 2.45) is 0 Å². The summed E-state index contributed by atoms with van der Waals surface area (Å²) >= 11 is 1.60. The number of nitrogens with one attached hydrogen (secondary N) is 1. The molecule has 1 aromatic heterocycles. The molecule has 0 spiro atoms. The Labute approximate surface area is 128 Å². The lowest BCUT2D eigenvalue weighted by Gasteiger charge is -2.03. The number of benzene rings is 1. The normalized spacial score (nSPS) is 11.0. The third kappa shape index (κ3) is 4.30. The van der Waals surface area contributed by atoms with Gasteiger partial charge in [-0.1, -0.05) is 37.3 Å². The molecule has 1 aromatic carbocycles. The lowest BCUT2D eigenvalue weighted by Crippen LogP contribution is -2.23. The second kappa shape index (κ2) is 7.41. The fraction of sp³-hybridized carbons (Fsp3) is 0.176. The molecule has 3 nitrogen and oxygen atoms in total. The van der Waals surface area contributed by atoms with Gasteiger partial charge >= 0.3 is 0 Å². The minimum Gasteiger partial charge on any atom is -0.347 e. The number of rotatable bonds is 5. The lowest BCUT2D eigenvalue weighted by atomic mass is 10.2. The highest BCUT2D eigenvalue weighted by Crippen LogP contribution is 2.19. The quantitative estimate of drug-likeness (QED) is 0.678. The largest absolute Gasteiger partial charge is 0.347 e. The standard InChI is InChI=1S/C17H16N2OS/c1-2-15-8-9-16(21-15)10-14(11-18)17(20)19-12-13-6-4-3-5-7-13/h3-10H,2,12H2,1H3,(H,19,20). The molecule has 2 aromatic rings. The van der Waals surface area contributed by atoms with Gasteiger partial charge in [0, 0.05) is 16.3 Å². The van der Waals surface area contributed by atoms with Crippen molar-refractivity contribution in [2.75, 3.05) is 0 Å². The minimum absolute atomic E-state index is 0.135. The lowest BCUT2D eigenvalue weighted by molar-refractivity contribution is -0.117. The SMILES string of the molecule is CCc1ccc(C=C(C#N)C(=O)NCc2ccccc2)s1. The van der Waals surface area contributed by atoms with Crippen molar-refractivity contribution in [3.63, 3.8) is 0 Å². The number of nitrogens with zero attached hydrogens (tertiary/aromatic N) is 1. The molecule has 0 aliphatic carbocycles. The number of thiophene rings is 1. The van der Waals surface area contributed by atoms with Gasteiger partial charge in [0.25, 0.3) is 5.91 Å². The highest BCUT2D eigenvalue weighted by atomic mass is 32.1. The van der Waals surface area contributed by atoms with Crippen molar-refractivity contribution < 1.29 is 4.79 Å². The fourth-order valence-corrected chi connectivity index (χ4v) is 2.72. The van der Waals surface area contributed by atoms with Crippen molar-refractivity contribution in [1.82, 2.24) is 5.32 Å². The molecule has 21 heavy (non-hydrogen) atoms. The van der Waals surface area contributed by atoms with Crippen molar-refractivity contribution in [3.8, 4) is 6.07 Å². The van der Waals surface area contributed by atoms with Crippen LogP contribution < -0.4 is 5.32 Å². The Morgan fingerprint density at radius 2 is 2.05 bits per heavy atom. The molecule has 2 rings (SSSR count). The molecule has 1 heterocycles. The minimum atomic E-state index is -0.340. The Morgan fingerprint density at radius 1 is 1.29 bits per heavy atom. The van der Waals surface area contributed by atoms with Gasteiger partial charge in [-0.15, -0.1) is 11.3 Å². The van der Waals surface area contributed by atoms with E-state index in [0.29, 0.717) is 6.54 Å². The first-order valence-electron chi connectivity index (χ1n) is 6.75. The van der Waals surface area contributed by atoms with Crippen LogP contribution in [0, 0.1) is 11.3 Å². The van der Waals surface area contributed by atoms with Gasteiger partial charge < -0.3 is 5.32 Å². The Morgan fingerprint density at radius 3 is 2.67 bits per heavy atom. The van der Waals surface area contributed by atoms with E-state index in [0.717, 1.165) is 16.9 Å². The van der Waals surface area contributed by atoms with E-state index >= 15 is 0 Å². The van der Waals surface area contributed by atoms with E-state index in [1.807, 2.05) is 48.5 Å². The molecular formula is C17H16N2OS. The number of carbonyl (C=O) groups is 1. The van der Waals surface area contributed by atoms with E-state index in [4.69, 9.17) is 5.26 Å². The van der Waals surface area contributed by atoms with Gasteiger partial charge in [0.1, 0.15) is 11.6 Å². The maximum absolute atomic E-state index is 12.0. The predicted octanol–water partition coefficient (Wildman–Crippen LogP) is 3.53. The van der Waals surface area contributed by atoms with Gasteiger partial charge in [0.15, 0.2) is 0 Å². The molecule has 0 saturated heterocycles. The van der Waals surface area contributed by atoms with E-state index in [1.54, 1.807) is 17.4 Å². The number of aryl methyl sites for hydroxylation is 1. The average molecular weight is 296 g/mol. The summed E-state index contributed by atoms with van der Waals surface area (Å²) < 4.78 is 0. The highest BCUT2D eigenvalue weighted by Gasteiger charge is 2.09. The Bertz CT molecular complexity index is 680. The average Bonchev–Trinajstić information content (AvgIpc) is 2.99. The molecule has 4 heteroatoms. The fourth-order valence-electron chi connectivity index (χ4n) is 1.83. The molecule has 0 saturated carbocycles. The first-order chi connectivity index (χ1) is 10.2. The topological polar surface area (TPSA) is 52.9 Å². The smallest absolute Gasteiger partial charge is 0.262 e. The van der Waals surface area contributed by atoms with Crippen LogP contribution in [-0.2, 0) is 17.8 Å². The molecule has 0 radical (unpaired) electrons. The van der Waals surface area contributed by atoms with Gasteiger partial charge in [-0.05, 0) is 30.2 Å². The van der Waals surface area contributed by atoms with Crippen LogP contribution in [0.15, 0.2) is 48.0 Å². The van der Waals surface area contributed by atoms with E-state index in [1.165, 1.54) is 4.88 Å². The maximum Gasteiger partial charge on any atom is 0.262 e. The van der Waals surface area contributed by atoms with Crippen LogP contribution in [-0.4, -0.2) is 5.91 Å². The Hall–Kier alpha value is -2.38. The summed E-state index contributed by atoms with van der Waals surface area (Å²) in [6.45, 7) is 2.50. The van der Waals surface area contributed by atoms with E-state index in [9.17, 15) is 4.79 Å². The number of hydrogen-bond donors (Lipinski definition) is 1. The van der Waals surface area contributed by atoms with Crippen LogP contribution in [0.3, 0.4) is 0 Å². The first kappa shape index (κ1) is 15.0. The van der Waals surface area contributed by atoms with Crippen LogP contribution in [0.5, 0.6) is 0 Å². The third-order valence-corrected chi connectivity index (χ3v) is 4.16. The van der Waals surface area contributed by atoms with Gasteiger partial charge in [0.05, 0.1) is 0 Å². The summed E-state index contributed by atoms with van der Waals surface area (Å²) in [6, 6.07) is 15.6. The Kier molecular flexibility index (Phi) is 5.30. The van der Waals surface area contributed by atoms with Crippen molar-refractivity contribution in [1.29, 1.82) is 5.26 Å². The molecule has 106 valence electrons. The van der Waals surface area contributed by atoms with Crippen LogP contribution in [0.25, 0.3) is 6.08 Å². The van der Waals surface area contributed by atoms with Gasteiger partial charge in [-0.25, -0.2) is 0 Å². The van der Waals surface area contributed by atoms with Gasteiger partial charge in [-0.2, -0.15) is 5.26 Å². The van der Waals surface area contributed by atoms with Gasteiger partial charge in [0.2, 0.25) is 0 Å². The van der Waals surface area contributed by atoms with Crippen molar-refractivity contribution in [2.45, 2.75) is 19.9 Å². The Balaban J connectivity index is 2.03. The number of hydrogen-bond acceptors (Lipinski definition) is 3. The number of carbonyl (C=O) groups excluding carboxylic acids is 1. The third-order valence-electron chi connectivity index (χ3n) is 2.98. The summed E-state index contributed by atoms with van der Waals surface area (Å²) in [5.41, 5.74) is 1.14. The molecule has 0 aliphatic rings. The molecule has 1 amide bonds. The first-order valence-corrected chi connectivity index (χ1v) is 7.57. The predicted molar refractivity (Wildman–Crippen MR) is 85.6 cm³/mol.